The van der Waals surface area contributed by atoms with Gasteiger partial charge in [0.05, 0.1) is 24.4 Å². The van der Waals surface area contributed by atoms with E-state index in [1.54, 1.807) is 22.2 Å². The molecule has 0 aromatic carbocycles. The molecule has 0 saturated carbocycles. The van der Waals surface area contributed by atoms with Crippen LogP contribution < -0.4 is 5.56 Å². The summed E-state index contributed by atoms with van der Waals surface area (Å²) in [5, 5.41) is 10.3. The maximum Gasteiger partial charge on any atom is 0.262 e. The van der Waals surface area contributed by atoms with E-state index in [0.717, 1.165) is 33.5 Å². The number of rotatable bonds is 5. The molecule has 0 bridgehead atoms. The second kappa shape index (κ2) is 6.06. The van der Waals surface area contributed by atoms with Gasteiger partial charge < -0.3 is 5.11 Å². The molecule has 0 radical (unpaired) electrons. The van der Waals surface area contributed by atoms with Crippen LogP contribution in [0.25, 0.3) is 10.2 Å². The minimum Gasteiger partial charge on any atom is -0.394 e. The van der Waals surface area contributed by atoms with Crippen molar-refractivity contribution < 1.29 is 5.11 Å². The lowest BCUT2D eigenvalue weighted by Crippen LogP contribution is -2.28. The van der Waals surface area contributed by atoms with Gasteiger partial charge in [-0.05, 0) is 31.2 Å². The van der Waals surface area contributed by atoms with Crippen molar-refractivity contribution >= 4 is 21.6 Å². The van der Waals surface area contributed by atoms with Crippen LogP contribution in [-0.2, 0) is 6.42 Å². The van der Waals surface area contributed by atoms with Crippen LogP contribution in [0.4, 0.5) is 0 Å². The summed E-state index contributed by atoms with van der Waals surface area (Å²) in [4.78, 5) is 19.1. The Morgan fingerprint density at radius 3 is 2.70 bits per heavy atom. The Hall–Kier alpha value is -1.20. The van der Waals surface area contributed by atoms with E-state index < -0.39 is 0 Å². The van der Waals surface area contributed by atoms with Crippen LogP contribution in [0, 0.1) is 12.8 Å². The molecule has 110 valence electrons. The smallest absolute Gasteiger partial charge is 0.262 e. The largest absolute Gasteiger partial charge is 0.394 e. The number of thiophene rings is 1. The van der Waals surface area contributed by atoms with Gasteiger partial charge in [0.2, 0.25) is 0 Å². The Labute approximate surface area is 123 Å². The summed E-state index contributed by atoms with van der Waals surface area (Å²) in [5.41, 5.74) is 1.08. The zero-order chi connectivity index (χ0) is 14.9. The Morgan fingerprint density at radius 2 is 2.15 bits per heavy atom. The summed E-state index contributed by atoms with van der Waals surface area (Å²) < 4.78 is 1.60. The molecule has 1 unspecified atom stereocenters. The normalized spacial score (nSPS) is 13.3. The molecule has 1 N–H and O–H groups in total. The maximum absolute atomic E-state index is 12.7. The molecule has 2 aromatic heterocycles. The average Bonchev–Trinajstić information content (AvgIpc) is 2.73. The predicted molar refractivity (Wildman–Crippen MR) is 83.6 cm³/mol. The number of nitrogens with zero attached hydrogens (tertiary/aromatic N) is 2. The molecule has 2 aromatic rings. The molecule has 0 saturated heterocycles. The van der Waals surface area contributed by atoms with E-state index in [-0.39, 0.29) is 18.2 Å². The molecule has 4 nitrogen and oxygen atoms in total. The fourth-order valence-corrected chi connectivity index (χ4v) is 3.75. The molecule has 1 atom stereocenters. The molecule has 0 spiro atoms. The van der Waals surface area contributed by atoms with Crippen LogP contribution in [0.2, 0.25) is 0 Å². The van der Waals surface area contributed by atoms with Crippen LogP contribution in [0.3, 0.4) is 0 Å². The number of aryl methyl sites for hydroxylation is 2. The molecule has 0 amide bonds. The van der Waals surface area contributed by atoms with Gasteiger partial charge in [-0.1, -0.05) is 20.8 Å². The van der Waals surface area contributed by atoms with Crippen molar-refractivity contribution in [3.8, 4) is 0 Å². The van der Waals surface area contributed by atoms with Crippen molar-refractivity contribution in [3.05, 3.63) is 27.1 Å². The third-order valence-corrected chi connectivity index (χ3v) is 4.69. The summed E-state index contributed by atoms with van der Waals surface area (Å²) in [5.74, 6) is 0.421. The second-order valence-corrected chi connectivity index (χ2v) is 6.80. The van der Waals surface area contributed by atoms with E-state index in [0.29, 0.717) is 5.92 Å². The number of hydrogen-bond acceptors (Lipinski definition) is 4. The van der Waals surface area contributed by atoms with Crippen molar-refractivity contribution in [1.29, 1.82) is 0 Å². The van der Waals surface area contributed by atoms with Gasteiger partial charge in [0.15, 0.2) is 0 Å². The highest BCUT2D eigenvalue weighted by Crippen LogP contribution is 2.27. The zero-order valence-electron chi connectivity index (χ0n) is 12.5. The second-order valence-electron chi connectivity index (χ2n) is 5.59. The summed E-state index contributed by atoms with van der Waals surface area (Å²) in [6.45, 7) is 8.24. The van der Waals surface area contributed by atoms with E-state index in [1.165, 1.54) is 0 Å². The molecule has 0 aliphatic carbocycles. The number of aliphatic hydroxyl groups is 1. The van der Waals surface area contributed by atoms with Gasteiger partial charge in [0.25, 0.3) is 5.56 Å². The van der Waals surface area contributed by atoms with E-state index in [4.69, 9.17) is 0 Å². The molecular formula is C15H22N2O2S. The highest BCUT2D eigenvalue weighted by atomic mass is 32.1. The highest BCUT2D eigenvalue weighted by molar-refractivity contribution is 7.18. The maximum atomic E-state index is 12.7. The molecule has 20 heavy (non-hydrogen) atoms. The van der Waals surface area contributed by atoms with Crippen LogP contribution in [0.5, 0.6) is 0 Å². The Kier molecular flexibility index (Phi) is 4.60. The Morgan fingerprint density at radius 1 is 1.45 bits per heavy atom. The summed E-state index contributed by atoms with van der Waals surface area (Å²) in [7, 11) is 0. The summed E-state index contributed by atoms with van der Waals surface area (Å²) >= 11 is 1.57. The average molecular weight is 294 g/mol. The van der Waals surface area contributed by atoms with E-state index in [2.05, 4.69) is 25.8 Å². The van der Waals surface area contributed by atoms with E-state index in [1.807, 2.05) is 6.92 Å². The topological polar surface area (TPSA) is 55.1 Å². The molecule has 0 aliphatic heterocycles. The van der Waals surface area contributed by atoms with Crippen LogP contribution in [0.1, 0.15) is 43.7 Å². The quantitative estimate of drug-likeness (QED) is 0.922. The monoisotopic (exact) mass is 294 g/mol. The van der Waals surface area contributed by atoms with E-state index in [9.17, 15) is 9.90 Å². The van der Waals surface area contributed by atoms with Crippen LogP contribution in [0.15, 0.2) is 11.1 Å². The van der Waals surface area contributed by atoms with Crippen LogP contribution >= 0.6 is 11.3 Å². The fourth-order valence-electron chi connectivity index (χ4n) is 2.68. The van der Waals surface area contributed by atoms with Gasteiger partial charge in [-0.3, -0.25) is 9.36 Å². The molecule has 2 heterocycles. The number of aromatic nitrogens is 2. The van der Waals surface area contributed by atoms with Crippen molar-refractivity contribution in [2.75, 3.05) is 6.61 Å². The molecule has 5 heteroatoms. The van der Waals surface area contributed by atoms with Gasteiger partial charge >= 0.3 is 0 Å². The third-order valence-electron chi connectivity index (χ3n) is 3.64. The Balaban J connectivity index is 2.61. The minimum atomic E-state index is -0.190. The van der Waals surface area contributed by atoms with Crippen molar-refractivity contribution in [2.24, 2.45) is 5.92 Å². The first-order valence-corrected chi connectivity index (χ1v) is 7.91. The van der Waals surface area contributed by atoms with Crippen LogP contribution in [-0.4, -0.2) is 21.3 Å². The SMILES string of the molecule is CCc1c(C)sc2ncn(C(CO)CC(C)C)c(=O)c12. The predicted octanol–water partition coefficient (Wildman–Crippen LogP) is 2.91. The van der Waals surface area contributed by atoms with Crippen molar-refractivity contribution in [2.45, 2.75) is 46.6 Å². The third kappa shape index (κ3) is 2.65. The number of hydrogen-bond donors (Lipinski definition) is 1. The number of fused-ring (bicyclic) bond motifs is 1. The minimum absolute atomic E-state index is 0.0177. The Bertz CT molecular complexity index is 658. The molecular weight excluding hydrogens is 272 g/mol. The lowest BCUT2D eigenvalue weighted by atomic mass is 10.0. The van der Waals surface area contributed by atoms with E-state index >= 15 is 0 Å². The summed E-state index contributed by atoms with van der Waals surface area (Å²) in [6.07, 6.45) is 3.19. The highest BCUT2D eigenvalue weighted by Gasteiger charge is 2.18. The standard InChI is InChI=1S/C15H22N2O2S/c1-5-12-10(4)20-14-13(12)15(19)17(8-16-14)11(7-18)6-9(2)3/h8-9,11,18H,5-7H2,1-4H3. The van der Waals surface area contributed by atoms with Gasteiger partial charge in [-0.15, -0.1) is 11.3 Å². The van der Waals surface area contributed by atoms with Gasteiger partial charge in [0, 0.05) is 4.88 Å². The molecule has 2 rings (SSSR count). The number of aliphatic hydroxyl groups excluding tert-OH is 1. The van der Waals surface area contributed by atoms with Gasteiger partial charge in [-0.2, -0.15) is 0 Å². The lowest BCUT2D eigenvalue weighted by Gasteiger charge is -2.19. The fraction of sp³-hybridized carbons (Fsp3) is 0.600. The first kappa shape index (κ1) is 15.2. The van der Waals surface area contributed by atoms with Crippen molar-refractivity contribution in [1.82, 2.24) is 9.55 Å². The lowest BCUT2D eigenvalue weighted by molar-refractivity contribution is 0.205. The molecule has 0 aliphatic rings. The zero-order valence-corrected chi connectivity index (χ0v) is 13.3. The first-order valence-electron chi connectivity index (χ1n) is 7.09. The first-order chi connectivity index (χ1) is 9.49. The van der Waals surface area contributed by atoms with Gasteiger partial charge in [-0.25, -0.2) is 4.98 Å². The van der Waals surface area contributed by atoms with Gasteiger partial charge in [0.1, 0.15) is 4.83 Å². The molecule has 0 fully saturated rings. The summed E-state index contributed by atoms with van der Waals surface area (Å²) in [6, 6.07) is -0.190. The van der Waals surface area contributed by atoms with Crippen molar-refractivity contribution in [3.63, 3.8) is 0 Å².